The summed E-state index contributed by atoms with van der Waals surface area (Å²) in [6.45, 7) is 0. The van der Waals surface area contributed by atoms with Gasteiger partial charge in [0.2, 0.25) is 0 Å². The van der Waals surface area contributed by atoms with Crippen LogP contribution in [0.25, 0.3) is 0 Å². The summed E-state index contributed by atoms with van der Waals surface area (Å²) in [6.07, 6.45) is 0. The van der Waals surface area contributed by atoms with Gasteiger partial charge in [0.1, 0.15) is 0 Å². The van der Waals surface area contributed by atoms with E-state index in [-0.39, 0.29) is 22.6 Å². The summed E-state index contributed by atoms with van der Waals surface area (Å²) >= 11 is 3.16. The lowest BCUT2D eigenvalue weighted by Gasteiger charge is -2.10. The molecule has 0 bridgehead atoms. The predicted octanol–water partition coefficient (Wildman–Crippen LogP) is 3.55. The minimum absolute atomic E-state index is 0.0198. The number of ether oxygens (including phenoxy) is 1. The molecule has 0 aromatic heterocycles. The van der Waals surface area contributed by atoms with Gasteiger partial charge in [-0.15, -0.1) is 0 Å². The quantitative estimate of drug-likeness (QED) is 0.866. The number of amides is 1. The maximum absolute atomic E-state index is 13.6. The fourth-order valence-corrected chi connectivity index (χ4v) is 2.17. The molecule has 0 aliphatic rings. The summed E-state index contributed by atoms with van der Waals surface area (Å²) in [5.41, 5.74) is 0.103. The largest absolute Gasteiger partial charge is 0.494 e. The Morgan fingerprint density at radius 2 is 1.95 bits per heavy atom. The fraction of sp³-hybridized carbons (Fsp3) is 0.0667. The Labute approximate surface area is 133 Å². The van der Waals surface area contributed by atoms with E-state index in [2.05, 4.69) is 21.2 Å². The summed E-state index contributed by atoms with van der Waals surface area (Å²) in [5, 5.41) is 11.6. The number of carboxylic acid groups (broad SMARTS) is 1. The summed E-state index contributed by atoms with van der Waals surface area (Å²) in [5.74, 6) is -2.46. The van der Waals surface area contributed by atoms with Gasteiger partial charge in [0.15, 0.2) is 11.6 Å². The van der Waals surface area contributed by atoms with Crippen LogP contribution in [-0.4, -0.2) is 24.1 Å². The van der Waals surface area contributed by atoms with Crippen LogP contribution in [0.2, 0.25) is 0 Å². The molecule has 2 aromatic carbocycles. The SMILES string of the molecule is COc1ccc(C(=O)Nc2ccc(Br)cc2C(=O)O)cc1F. The standard InChI is InChI=1S/C15H11BrFNO4/c1-22-13-5-2-8(6-11(13)17)14(19)18-12-4-3-9(16)7-10(12)15(20)21/h2-7H,1H3,(H,18,19)(H,20,21). The summed E-state index contributed by atoms with van der Waals surface area (Å²) < 4.78 is 18.9. The van der Waals surface area contributed by atoms with E-state index in [1.807, 2.05) is 0 Å². The first-order chi connectivity index (χ1) is 10.4. The lowest BCUT2D eigenvalue weighted by atomic mass is 10.1. The Bertz CT molecular complexity index is 748. The molecule has 0 aliphatic heterocycles. The van der Waals surface area contributed by atoms with Crippen molar-refractivity contribution < 1.29 is 23.8 Å². The van der Waals surface area contributed by atoms with Crippen molar-refractivity contribution in [3.63, 3.8) is 0 Å². The molecule has 0 spiro atoms. The zero-order valence-electron chi connectivity index (χ0n) is 11.4. The van der Waals surface area contributed by atoms with E-state index in [1.54, 1.807) is 6.07 Å². The lowest BCUT2D eigenvalue weighted by molar-refractivity contribution is 0.0698. The molecule has 0 atom stereocenters. The molecule has 0 unspecified atom stereocenters. The minimum atomic E-state index is -1.18. The van der Waals surface area contributed by atoms with Crippen molar-refractivity contribution in [2.24, 2.45) is 0 Å². The molecule has 0 heterocycles. The van der Waals surface area contributed by atoms with Gasteiger partial charge < -0.3 is 15.2 Å². The molecular formula is C15H11BrFNO4. The summed E-state index contributed by atoms with van der Waals surface area (Å²) in [7, 11) is 1.32. The van der Waals surface area contributed by atoms with Crippen molar-refractivity contribution in [2.45, 2.75) is 0 Å². The van der Waals surface area contributed by atoms with Crippen molar-refractivity contribution in [3.05, 3.63) is 57.8 Å². The Morgan fingerprint density at radius 1 is 1.23 bits per heavy atom. The topological polar surface area (TPSA) is 75.6 Å². The van der Waals surface area contributed by atoms with E-state index in [0.717, 1.165) is 6.07 Å². The van der Waals surface area contributed by atoms with Crippen molar-refractivity contribution in [1.82, 2.24) is 0 Å². The van der Waals surface area contributed by atoms with Gasteiger partial charge in [-0.1, -0.05) is 15.9 Å². The van der Waals surface area contributed by atoms with Crippen LogP contribution in [0.1, 0.15) is 20.7 Å². The average molecular weight is 368 g/mol. The Hall–Kier alpha value is -2.41. The third-order valence-electron chi connectivity index (χ3n) is 2.87. The van der Waals surface area contributed by atoms with E-state index < -0.39 is 17.7 Å². The molecule has 0 saturated heterocycles. The fourth-order valence-electron chi connectivity index (χ4n) is 1.80. The number of anilines is 1. The second-order valence-electron chi connectivity index (χ2n) is 4.30. The molecule has 2 rings (SSSR count). The summed E-state index contributed by atoms with van der Waals surface area (Å²) in [4.78, 5) is 23.3. The molecule has 0 fully saturated rings. The molecule has 114 valence electrons. The molecular weight excluding hydrogens is 357 g/mol. The molecule has 2 N–H and O–H groups in total. The summed E-state index contributed by atoms with van der Waals surface area (Å²) in [6, 6.07) is 8.14. The highest BCUT2D eigenvalue weighted by Crippen LogP contribution is 2.23. The van der Waals surface area contributed by atoms with Gasteiger partial charge in [0.25, 0.3) is 5.91 Å². The monoisotopic (exact) mass is 367 g/mol. The van der Waals surface area contributed by atoms with E-state index in [9.17, 15) is 14.0 Å². The van der Waals surface area contributed by atoms with E-state index in [0.29, 0.717) is 4.47 Å². The third kappa shape index (κ3) is 3.43. The molecule has 5 nitrogen and oxygen atoms in total. The number of halogens is 2. The number of carbonyl (C=O) groups is 2. The first kappa shape index (κ1) is 16.0. The predicted molar refractivity (Wildman–Crippen MR) is 82.0 cm³/mol. The Morgan fingerprint density at radius 3 is 2.55 bits per heavy atom. The number of aromatic carboxylic acids is 1. The molecule has 7 heteroatoms. The molecule has 22 heavy (non-hydrogen) atoms. The Balaban J connectivity index is 2.29. The normalized spacial score (nSPS) is 10.1. The van der Waals surface area contributed by atoms with Crippen LogP contribution in [-0.2, 0) is 0 Å². The van der Waals surface area contributed by atoms with Crippen LogP contribution in [0.15, 0.2) is 40.9 Å². The van der Waals surface area contributed by atoms with E-state index >= 15 is 0 Å². The van der Waals surface area contributed by atoms with Crippen molar-refractivity contribution in [3.8, 4) is 5.75 Å². The van der Waals surface area contributed by atoms with Gasteiger partial charge in [0, 0.05) is 10.0 Å². The first-order valence-electron chi connectivity index (χ1n) is 6.10. The van der Waals surface area contributed by atoms with E-state index in [1.165, 1.54) is 31.4 Å². The zero-order chi connectivity index (χ0) is 16.3. The van der Waals surface area contributed by atoms with Gasteiger partial charge in [0.05, 0.1) is 18.4 Å². The van der Waals surface area contributed by atoms with Gasteiger partial charge in [-0.25, -0.2) is 9.18 Å². The molecule has 0 aliphatic carbocycles. The molecule has 0 radical (unpaired) electrons. The van der Waals surface area contributed by atoms with Crippen LogP contribution < -0.4 is 10.1 Å². The molecule has 1 amide bonds. The smallest absolute Gasteiger partial charge is 0.337 e. The van der Waals surface area contributed by atoms with Gasteiger partial charge in [-0.2, -0.15) is 0 Å². The van der Waals surface area contributed by atoms with Gasteiger partial charge in [-0.3, -0.25) is 4.79 Å². The highest BCUT2D eigenvalue weighted by molar-refractivity contribution is 9.10. The van der Waals surface area contributed by atoms with Gasteiger partial charge >= 0.3 is 5.97 Å². The highest BCUT2D eigenvalue weighted by atomic mass is 79.9. The van der Waals surface area contributed by atoms with Crippen LogP contribution in [0, 0.1) is 5.82 Å². The van der Waals surface area contributed by atoms with Gasteiger partial charge in [-0.05, 0) is 36.4 Å². The number of nitrogens with one attached hydrogen (secondary N) is 1. The van der Waals surface area contributed by atoms with Crippen molar-refractivity contribution >= 4 is 33.5 Å². The minimum Gasteiger partial charge on any atom is -0.494 e. The average Bonchev–Trinajstić information content (AvgIpc) is 2.48. The van der Waals surface area contributed by atoms with Crippen molar-refractivity contribution in [2.75, 3.05) is 12.4 Å². The second-order valence-corrected chi connectivity index (χ2v) is 5.21. The number of rotatable bonds is 4. The van der Waals surface area contributed by atoms with E-state index in [4.69, 9.17) is 9.84 Å². The molecule has 2 aromatic rings. The van der Waals surface area contributed by atoms with Crippen LogP contribution >= 0.6 is 15.9 Å². The Kier molecular flexibility index (Phi) is 4.77. The highest BCUT2D eigenvalue weighted by Gasteiger charge is 2.15. The van der Waals surface area contributed by atoms with Crippen LogP contribution in [0.4, 0.5) is 10.1 Å². The maximum Gasteiger partial charge on any atom is 0.337 e. The molecule has 0 saturated carbocycles. The number of carbonyl (C=O) groups excluding carboxylic acids is 1. The third-order valence-corrected chi connectivity index (χ3v) is 3.37. The lowest BCUT2D eigenvalue weighted by Crippen LogP contribution is -2.15. The number of hydrogen-bond acceptors (Lipinski definition) is 3. The number of carboxylic acids is 1. The number of hydrogen-bond donors (Lipinski definition) is 2. The maximum atomic E-state index is 13.6. The zero-order valence-corrected chi connectivity index (χ0v) is 13.0. The van der Waals surface area contributed by atoms with Crippen LogP contribution in [0.5, 0.6) is 5.75 Å². The van der Waals surface area contributed by atoms with Crippen molar-refractivity contribution in [1.29, 1.82) is 0 Å². The second kappa shape index (κ2) is 6.57. The first-order valence-corrected chi connectivity index (χ1v) is 6.89. The van der Waals surface area contributed by atoms with Crippen LogP contribution in [0.3, 0.4) is 0 Å². The number of benzene rings is 2. The number of methoxy groups -OCH3 is 1.